The molecule has 0 spiro atoms. The van der Waals surface area contributed by atoms with Gasteiger partial charge in [-0.2, -0.15) is 0 Å². The van der Waals surface area contributed by atoms with Crippen LogP contribution in [-0.4, -0.2) is 23.0 Å². The molecule has 1 N–H and O–H groups in total. The van der Waals surface area contributed by atoms with E-state index in [0.717, 1.165) is 51.2 Å². The van der Waals surface area contributed by atoms with Gasteiger partial charge in [0.25, 0.3) is 0 Å². The molecule has 0 amide bonds. The third kappa shape index (κ3) is 2.95. The van der Waals surface area contributed by atoms with Crippen LogP contribution in [0.15, 0.2) is 24.0 Å². The lowest BCUT2D eigenvalue weighted by Crippen LogP contribution is -2.51. The normalized spacial score (nSPS) is 45.0. The average Bonchev–Trinajstić information content (AvgIpc) is 2.99. The van der Waals surface area contributed by atoms with Crippen molar-refractivity contribution in [3.63, 3.8) is 0 Å². The molecule has 4 nitrogen and oxygen atoms in total. The number of rotatable bonds is 3. The van der Waals surface area contributed by atoms with E-state index < -0.39 is 0 Å². The molecule has 0 aromatic carbocycles. The highest BCUT2D eigenvalue weighted by molar-refractivity contribution is 5.92. The number of fused-ring (bicyclic) bond motifs is 5. The van der Waals surface area contributed by atoms with E-state index in [4.69, 9.17) is 9.84 Å². The minimum absolute atomic E-state index is 0.0426. The number of aliphatic hydroxyl groups excluding tert-OH is 1. The van der Waals surface area contributed by atoms with Crippen molar-refractivity contribution in [2.75, 3.05) is 0 Å². The maximum Gasteiger partial charge on any atom is 0.302 e. The highest BCUT2D eigenvalue weighted by Gasteiger charge is 2.59. The second kappa shape index (κ2) is 7.03. The van der Waals surface area contributed by atoms with E-state index >= 15 is 0 Å². The zero-order valence-corrected chi connectivity index (χ0v) is 17.4. The number of hydrogen-bond donors (Lipinski definition) is 1. The van der Waals surface area contributed by atoms with Gasteiger partial charge in [-0.3, -0.25) is 9.59 Å². The molecule has 3 saturated carbocycles. The van der Waals surface area contributed by atoms with Crippen LogP contribution in [0.5, 0.6) is 0 Å². The average molecular weight is 387 g/mol. The Morgan fingerprint density at radius 1 is 1.14 bits per heavy atom. The van der Waals surface area contributed by atoms with Crippen molar-refractivity contribution in [1.82, 2.24) is 0 Å². The van der Waals surface area contributed by atoms with E-state index in [-0.39, 0.29) is 34.6 Å². The van der Waals surface area contributed by atoms with Gasteiger partial charge in [0.05, 0.1) is 6.26 Å². The molecule has 28 heavy (non-hydrogen) atoms. The molecule has 0 aromatic heterocycles. The van der Waals surface area contributed by atoms with Gasteiger partial charge in [-0.1, -0.05) is 25.5 Å². The molecule has 4 heteroatoms. The number of aliphatic hydroxyl groups is 1. The van der Waals surface area contributed by atoms with Crippen molar-refractivity contribution in [2.24, 2.45) is 34.5 Å². The van der Waals surface area contributed by atoms with Crippen LogP contribution in [0.25, 0.3) is 0 Å². The molecule has 0 radical (unpaired) electrons. The zero-order chi connectivity index (χ0) is 20.1. The van der Waals surface area contributed by atoms with Crippen LogP contribution in [0.4, 0.5) is 0 Å². The highest BCUT2D eigenvalue weighted by atomic mass is 16.5. The van der Waals surface area contributed by atoms with Crippen LogP contribution in [0, 0.1) is 34.5 Å². The summed E-state index contributed by atoms with van der Waals surface area (Å²) in [7, 11) is 0. The van der Waals surface area contributed by atoms with Gasteiger partial charge in [0, 0.05) is 25.3 Å². The fourth-order valence-electron chi connectivity index (χ4n) is 7.62. The van der Waals surface area contributed by atoms with E-state index in [9.17, 15) is 9.59 Å². The summed E-state index contributed by atoms with van der Waals surface area (Å²) in [5.74, 6) is 1.90. The Morgan fingerprint density at radius 2 is 1.93 bits per heavy atom. The molecule has 154 valence electrons. The summed E-state index contributed by atoms with van der Waals surface area (Å²) in [6, 6.07) is 0. The smallest absolute Gasteiger partial charge is 0.302 e. The minimum atomic E-state index is -0.171. The van der Waals surface area contributed by atoms with Crippen LogP contribution >= 0.6 is 0 Å². The first-order chi connectivity index (χ1) is 13.3. The third-order valence-corrected chi connectivity index (χ3v) is 8.97. The number of esters is 1. The number of carbonyl (C=O) groups excluding carboxylic acids is 2. The van der Waals surface area contributed by atoms with Crippen LogP contribution in [0.2, 0.25) is 0 Å². The standard InChI is InChI=1S/C24H34O4/c1-15(26)28-17-8-11-23(2)16(14-17)4-5-18-19-6-7-21(22(27)10-13-25)24(19,3)12-9-20(18)23/h4,10,13,17-21,25H,5-9,11-12,14H2,1-3H3/b13-10+/t17-,18+,19+,20+,21-,23-,24-/m0/s1. The maximum atomic E-state index is 12.6. The Labute approximate surface area is 168 Å². The Bertz CT molecular complexity index is 722. The van der Waals surface area contributed by atoms with Gasteiger partial charge in [-0.05, 0) is 73.5 Å². The fourth-order valence-corrected chi connectivity index (χ4v) is 7.62. The van der Waals surface area contributed by atoms with Crippen molar-refractivity contribution in [1.29, 1.82) is 0 Å². The van der Waals surface area contributed by atoms with Gasteiger partial charge in [-0.25, -0.2) is 0 Å². The number of hydrogen-bond acceptors (Lipinski definition) is 4. The van der Waals surface area contributed by atoms with E-state index in [0.29, 0.717) is 17.8 Å². The molecule has 0 aliphatic heterocycles. The van der Waals surface area contributed by atoms with E-state index in [1.807, 2.05) is 0 Å². The van der Waals surface area contributed by atoms with E-state index in [1.54, 1.807) is 0 Å². The van der Waals surface area contributed by atoms with Gasteiger partial charge >= 0.3 is 5.97 Å². The summed E-state index contributed by atoms with van der Waals surface area (Å²) in [6.45, 7) is 6.27. The first-order valence-corrected chi connectivity index (χ1v) is 11.0. The molecular formula is C24H34O4. The second-order valence-corrected chi connectivity index (χ2v) is 10.1. The molecule has 0 unspecified atom stereocenters. The molecular weight excluding hydrogens is 352 g/mol. The lowest BCUT2D eigenvalue weighted by atomic mass is 9.47. The number of carbonyl (C=O) groups is 2. The molecule has 0 bridgehead atoms. The summed E-state index contributed by atoms with van der Waals surface area (Å²) in [5.41, 5.74) is 1.78. The molecule has 4 aliphatic carbocycles. The highest BCUT2D eigenvalue weighted by Crippen LogP contribution is 2.66. The monoisotopic (exact) mass is 386 g/mol. The molecule has 4 rings (SSSR count). The van der Waals surface area contributed by atoms with Gasteiger partial charge in [0.15, 0.2) is 5.78 Å². The van der Waals surface area contributed by atoms with Gasteiger partial charge in [0.1, 0.15) is 6.10 Å². The number of ketones is 1. The predicted octanol–water partition coefficient (Wildman–Crippen LogP) is 5.14. The second-order valence-electron chi connectivity index (χ2n) is 10.1. The van der Waals surface area contributed by atoms with Crippen molar-refractivity contribution < 1.29 is 19.4 Å². The number of allylic oxidation sites excluding steroid dienone is 2. The summed E-state index contributed by atoms with van der Waals surface area (Å²) in [4.78, 5) is 24.0. The Balaban J connectivity index is 1.57. The molecule has 4 aliphatic rings. The summed E-state index contributed by atoms with van der Waals surface area (Å²) < 4.78 is 5.53. The van der Waals surface area contributed by atoms with Gasteiger partial charge < -0.3 is 9.84 Å². The quantitative estimate of drug-likeness (QED) is 0.316. The third-order valence-electron chi connectivity index (χ3n) is 8.97. The van der Waals surface area contributed by atoms with Gasteiger partial charge in [-0.15, -0.1) is 0 Å². The van der Waals surface area contributed by atoms with Crippen molar-refractivity contribution >= 4 is 11.8 Å². The summed E-state index contributed by atoms with van der Waals surface area (Å²) in [6.07, 6.45) is 13.2. The largest absolute Gasteiger partial charge is 0.515 e. The van der Waals surface area contributed by atoms with Crippen molar-refractivity contribution in [3.8, 4) is 0 Å². The first-order valence-electron chi connectivity index (χ1n) is 11.0. The lowest BCUT2D eigenvalue weighted by molar-refractivity contribution is -0.149. The number of ether oxygens (including phenoxy) is 1. The molecule has 0 aromatic rings. The van der Waals surface area contributed by atoms with Crippen LogP contribution in [0.1, 0.15) is 72.1 Å². The topological polar surface area (TPSA) is 63.6 Å². The summed E-state index contributed by atoms with van der Waals surface area (Å²) >= 11 is 0. The van der Waals surface area contributed by atoms with E-state index in [2.05, 4.69) is 19.9 Å². The SMILES string of the molecule is CC(=O)O[C@H]1CC[C@@]2(C)C(=CC[C@@H]3[C@H]4CC[C@@H](C(=O)/C=C/O)[C@@]4(C)CC[C@H]32)C1. The van der Waals surface area contributed by atoms with Crippen molar-refractivity contribution in [3.05, 3.63) is 24.0 Å². The molecule has 7 atom stereocenters. The molecule has 0 heterocycles. The lowest BCUT2D eigenvalue weighted by Gasteiger charge is -2.58. The Hall–Kier alpha value is -1.58. The van der Waals surface area contributed by atoms with E-state index in [1.165, 1.54) is 25.0 Å². The first kappa shape index (κ1) is 19.7. The van der Waals surface area contributed by atoms with Crippen LogP contribution in [-0.2, 0) is 14.3 Å². The Kier molecular flexibility index (Phi) is 4.96. The van der Waals surface area contributed by atoms with Gasteiger partial charge in [0.2, 0.25) is 0 Å². The molecule has 0 saturated heterocycles. The minimum Gasteiger partial charge on any atom is -0.515 e. The van der Waals surface area contributed by atoms with Crippen LogP contribution in [0.3, 0.4) is 0 Å². The predicted molar refractivity (Wildman–Crippen MR) is 108 cm³/mol. The summed E-state index contributed by atoms with van der Waals surface area (Å²) in [5, 5.41) is 9.06. The maximum absolute atomic E-state index is 12.6. The van der Waals surface area contributed by atoms with Crippen molar-refractivity contribution in [2.45, 2.75) is 78.2 Å². The zero-order valence-electron chi connectivity index (χ0n) is 17.4. The molecule has 3 fully saturated rings. The Morgan fingerprint density at radius 3 is 2.64 bits per heavy atom. The van der Waals surface area contributed by atoms with Crippen LogP contribution < -0.4 is 0 Å². The fraction of sp³-hybridized carbons (Fsp3) is 0.750.